The Morgan fingerprint density at radius 3 is 2.40 bits per heavy atom. The van der Waals surface area contributed by atoms with Gasteiger partial charge in [0.2, 0.25) is 0 Å². The van der Waals surface area contributed by atoms with Gasteiger partial charge in [0.1, 0.15) is 5.82 Å². The Labute approximate surface area is 83.1 Å². The number of hydrogen-bond acceptors (Lipinski definition) is 2. The monoisotopic (exact) mass is 220 g/mol. The lowest BCUT2D eigenvalue weighted by Crippen LogP contribution is -2.09. The molecule has 0 radical (unpaired) electrons. The van der Waals surface area contributed by atoms with Crippen LogP contribution in [0.4, 0.5) is 23.2 Å². The first-order valence-corrected chi connectivity index (χ1v) is 4.29. The molecule has 15 heavy (non-hydrogen) atoms. The van der Waals surface area contributed by atoms with E-state index in [2.05, 4.69) is 5.32 Å². The molecule has 82 valence electrons. The van der Waals surface area contributed by atoms with Crippen LogP contribution in [0.3, 0.4) is 0 Å². The fraction of sp³-hybridized carbons (Fsp3) is 0.333. The number of nitrogen functional groups attached to an aromatic ring is 1. The van der Waals surface area contributed by atoms with Crippen molar-refractivity contribution in [3.63, 3.8) is 0 Å². The number of nitrogens with two attached hydrogens (primary N) is 1. The molecule has 2 nitrogen and oxygen atoms in total. The first-order chi connectivity index (χ1) is 6.89. The number of anilines is 1. The van der Waals surface area contributed by atoms with Crippen molar-refractivity contribution in [1.82, 2.24) is 5.32 Å². The van der Waals surface area contributed by atoms with E-state index in [0.717, 1.165) is 6.07 Å². The Balaban J connectivity index is 2.51. The van der Waals surface area contributed by atoms with Gasteiger partial charge in [0.25, 0.3) is 0 Å². The van der Waals surface area contributed by atoms with Gasteiger partial charge < -0.3 is 11.1 Å². The summed E-state index contributed by atoms with van der Waals surface area (Å²) in [5.41, 5.74) is 4.32. The SMILES string of the molecule is Nc1c(F)cc(C(F)(F)F)cc1C1CN1. The fourth-order valence-electron chi connectivity index (χ4n) is 1.37. The third-order valence-electron chi connectivity index (χ3n) is 2.27. The maximum absolute atomic E-state index is 13.1. The van der Waals surface area contributed by atoms with Crippen LogP contribution in [0.5, 0.6) is 0 Å². The van der Waals surface area contributed by atoms with Crippen molar-refractivity contribution in [3.05, 3.63) is 29.1 Å². The molecule has 3 N–H and O–H groups in total. The molecule has 1 atom stereocenters. The summed E-state index contributed by atoms with van der Waals surface area (Å²) in [7, 11) is 0. The van der Waals surface area contributed by atoms with Gasteiger partial charge in [0.15, 0.2) is 0 Å². The molecule has 0 aromatic heterocycles. The van der Waals surface area contributed by atoms with E-state index >= 15 is 0 Å². The highest BCUT2D eigenvalue weighted by molar-refractivity contribution is 5.53. The Hall–Kier alpha value is -1.30. The average molecular weight is 220 g/mol. The predicted octanol–water partition coefficient (Wildman–Crippen LogP) is 2.07. The van der Waals surface area contributed by atoms with Crippen molar-refractivity contribution < 1.29 is 17.6 Å². The van der Waals surface area contributed by atoms with Crippen LogP contribution in [0.25, 0.3) is 0 Å². The normalized spacial score (nSPS) is 20.4. The van der Waals surface area contributed by atoms with Gasteiger partial charge in [-0.15, -0.1) is 0 Å². The van der Waals surface area contributed by atoms with Crippen LogP contribution in [0.2, 0.25) is 0 Å². The van der Waals surface area contributed by atoms with E-state index in [0.29, 0.717) is 12.6 Å². The van der Waals surface area contributed by atoms with Gasteiger partial charge in [-0.25, -0.2) is 4.39 Å². The Morgan fingerprint density at radius 2 is 1.93 bits per heavy atom. The van der Waals surface area contributed by atoms with Crippen LogP contribution < -0.4 is 11.1 Å². The molecule has 0 bridgehead atoms. The van der Waals surface area contributed by atoms with E-state index < -0.39 is 17.6 Å². The molecule has 0 amide bonds. The highest BCUT2D eigenvalue weighted by atomic mass is 19.4. The van der Waals surface area contributed by atoms with E-state index in [9.17, 15) is 17.6 Å². The van der Waals surface area contributed by atoms with Crippen molar-refractivity contribution in [2.45, 2.75) is 12.2 Å². The minimum Gasteiger partial charge on any atom is -0.396 e. The predicted molar refractivity (Wildman–Crippen MR) is 46.6 cm³/mol. The second-order valence-electron chi connectivity index (χ2n) is 3.42. The smallest absolute Gasteiger partial charge is 0.396 e. The molecular formula is C9H8F4N2. The Kier molecular flexibility index (Phi) is 2.11. The number of rotatable bonds is 1. The minimum atomic E-state index is -4.54. The van der Waals surface area contributed by atoms with E-state index in [4.69, 9.17) is 5.73 Å². The Morgan fingerprint density at radius 1 is 1.33 bits per heavy atom. The van der Waals surface area contributed by atoms with Crippen LogP contribution in [0.1, 0.15) is 17.2 Å². The zero-order chi connectivity index (χ0) is 11.2. The van der Waals surface area contributed by atoms with Gasteiger partial charge in [-0.3, -0.25) is 0 Å². The third-order valence-corrected chi connectivity index (χ3v) is 2.27. The molecule has 1 saturated heterocycles. The van der Waals surface area contributed by atoms with Crippen molar-refractivity contribution in [2.24, 2.45) is 0 Å². The number of alkyl halides is 3. The molecule has 1 aliphatic rings. The van der Waals surface area contributed by atoms with Gasteiger partial charge in [-0.05, 0) is 17.7 Å². The quantitative estimate of drug-likeness (QED) is 0.432. The number of nitrogens with one attached hydrogen (secondary N) is 1. The van der Waals surface area contributed by atoms with E-state index in [-0.39, 0.29) is 17.3 Å². The standard InChI is InChI=1S/C9H8F4N2/c10-6-2-4(9(11,12)13)1-5(8(6)14)7-3-15-7/h1-2,7,15H,3,14H2. The van der Waals surface area contributed by atoms with Crippen molar-refractivity contribution >= 4 is 5.69 Å². The van der Waals surface area contributed by atoms with Crippen LogP contribution in [-0.4, -0.2) is 6.54 Å². The maximum Gasteiger partial charge on any atom is 0.416 e. The van der Waals surface area contributed by atoms with Crippen LogP contribution in [0.15, 0.2) is 12.1 Å². The van der Waals surface area contributed by atoms with Gasteiger partial charge in [0.05, 0.1) is 11.3 Å². The van der Waals surface area contributed by atoms with E-state index in [1.165, 1.54) is 0 Å². The van der Waals surface area contributed by atoms with Gasteiger partial charge in [-0.1, -0.05) is 0 Å². The zero-order valence-corrected chi connectivity index (χ0v) is 7.53. The van der Waals surface area contributed by atoms with Crippen LogP contribution in [0, 0.1) is 5.82 Å². The highest BCUT2D eigenvalue weighted by Crippen LogP contribution is 2.36. The summed E-state index contributed by atoms with van der Waals surface area (Å²) >= 11 is 0. The molecule has 0 aliphatic carbocycles. The van der Waals surface area contributed by atoms with Gasteiger partial charge in [-0.2, -0.15) is 13.2 Å². The van der Waals surface area contributed by atoms with Crippen molar-refractivity contribution in [2.75, 3.05) is 12.3 Å². The van der Waals surface area contributed by atoms with Crippen molar-refractivity contribution in [3.8, 4) is 0 Å². The molecule has 1 aliphatic heterocycles. The molecule has 1 heterocycles. The van der Waals surface area contributed by atoms with Crippen molar-refractivity contribution in [1.29, 1.82) is 0 Å². The summed E-state index contributed by atoms with van der Waals surface area (Å²) in [6.07, 6.45) is -4.54. The molecule has 6 heteroatoms. The molecule has 2 rings (SSSR count). The second-order valence-corrected chi connectivity index (χ2v) is 3.42. The molecular weight excluding hydrogens is 212 g/mol. The van der Waals surface area contributed by atoms with E-state index in [1.807, 2.05) is 0 Å². The topological polar surface area (TPSA) is 48.0 Å². The molecule has 1 aromatic rings. The Bertz CT molecular complexity index is 396. The molecule has 1 unspecified atom stereocenters. The molecule has 1 fully saturated rings. The molecule has 0 saturated carbocycles. The van der Waals surface area contributed by atoms with Crippen LogP contribution in [-0.2, 0) is 6.18 Å². The van der Waals surface area contributed by atoms with E-state index in [1.54, 1.807) is 0 Å². The number of halogens is 4. The van der Waals surface area contributed by atoms with Crippen LogP contribution >= 0.6 is 0 Å². The molecule has 1 aromatic carbocycles. The highest BCUT2D eigenvalue weighted by Gasteiger charge is 2.34. The summed E-state index contributed by atoms with van der Waals surface area (Å²) in [6, 6.07) is 1.06. The summed E-state index contributed by atoms with van der Waals surface area (Å²) in [4.78, 5) is 0. The first kappa shape index (κ1) is 10.2. The number of benzene rings is 1. The fourth-order valence-corrected chi connectivity index (χ4v) is 1.37. The minimum absolute atomic E-state index is 0.183. The largest absolute Gasteiger partial charge is 0.416 e. The molecule has 0 spiro atoms. The van der Waals surface area contributed by atoms with Gasteiger partial charge >= 0.3 is 6.18 Å². The summed E-state index contributed by atoms with van der Waals surface area (Å²) in [6.45, 7) is 0.533. The average Bonchev–Trinajstić information content (AvgIpc) is 2.90. The lowest BCUT2D eigenvalue weighted by Gasteiger charge is -2.11. The number of hydrogen-bond donors (Lipinski definition) is 2. The summed E-state index contributed by atoms with van der Waals surface area (Å²) in [5, 5.41) is 2.78. The summed E-state index contributed by atoms with van der Waals surface area (Å²) < 4.78 is 50.1. The lowest BCUT2D eigenvalue weighted by molar-refractivity contribution is -0.137. The maximum atomic E-state index is 13.1. The lowest BCUT2D eigenvalue weighted by atomic mass is 10.1. The zero-order valence-electron chi connectivity index (χ0n) is 7.53. The second kappa shape index (κ2) is 3.10. The third kappa shape index (κ3) is 1.90. The van der Waals surface area contributed by atoms with Gasteiger partial charge in [0, 0.05) is 12.6 Å². The first-order valence-electron chi connectivity index (χ1n) is 4.29. The summed E-state index contributed by atoms with van der Waals surface area (Å²) in [5.74, 6) is -1.02.